The minimum atomic E-state index is -0.750. The maximum Gasteiger partial charge on any atom is 0.134 e. The zero-order valence-corrected chi connectivity index (χ0v) is 10.4. The summed E-state index contributed by atoms with van der Waals surface area (Å²) in [5.74, 6) is -1.15. The van der Waals surface area contributed by atoms with Crippen molar-refractivity contribution in [1.82, 2.24) is 0 Å². The minimum absolute atomic E-state index is 0.0530. The van der Waals surface area contributed by atoms with Crippen molar-refractivity contribution in [3.63, 3.8) is 0 Å². The molecule has 0 spiro atoms. The maximum atomic E-state index is 13.9. The Bertz CT molecular complexity index is 548. The van der Waals surface area contributed by atoms with E-state index in [2.05, 4.69) is 0 Å². The van der Waals surface area contributed by atoms with Crippen molar-refractivity contribution in [2.45, 2.75) is 19.9 Å². The van der Waals surface area contributed by atoms with Gasteiger partial charge in [0.2, 0.25) is 0 Å². The van der Waals surface area contributed by atoms with Crippen molar-refractivity contribution in [3.8, 4) is 0 Å². The summed E-state index contributed by atoms with van der Waals surface area (Å²) in [6, 6.07) is 3.78. The molecule has 0 aliphatic heterocycles. The summed E-state index contributed by atoms with van der Waals surface area (Å²) >= 11 is 1.52. The fourth-order valence-corrected chi connectivity index (χ4v) is 2.50. The number of nitrogens with two attached hydrogens (primary N) is 1. The molecule has 1 unspecified atom stereocenters. The lowest BCUT2D eigenvalue weighted by molar-refractivity contribution is 0.538. The van der Waals surface area contributed by atoms with Crippen LogP contribution in [-0.2, 0) is 0 Å². The first-order chi connectivity index (χ1) is 8.00. The van der Waals surface area contributed by atoms with Crippen LogP contribution in [0.25, 0.3) is 0 Å². The highest BCUT2D eigenvalue weighted by atomic mass is 32.1. The second kappa shape index (κ2) is 4.55. The zero-order valence-electron chi connectivity index (χ0n) is 9.63. The Kier molecular flexibility index (Phi) is 3.26. The van der Waals surface area contributed by atoms with Gasteiger partial charge in [-0.25, -0.2) is 8.78 Å². The van der Waals surface area contributed by atoms with Crippen LogP contribution in [0.3, 0.4) is 0 Å². The van der Waals surface area contributed by atoms with E-state index in [0.29, 0.717) is 5.56 Å². The van der Waals surface area contributed by atoms with E-state index < -0.39 is 17.7 Å². The van der Waals surface area contributed by atoms with Gasteiger partial charge < -0.3 is 5.73 Å². The highest BCUT2D eigenvalue weighted by Gasteiger charge is 2.20. The highest BCUT2D eigenvalue weighted by Crippen LogP contribution is 2.29. The highest BCUT2D eigenvalue weighted by molar-refractivity contribution is 7.10. The van der Waals surface area contributed by atoms with Crippen molar-refractivity contribution in [2.24, 2.45) is 5.73 Å². The third-order valence-electron chi connectivity index (χ3n) is 2.74. The number of aryl methyl sites for hydroxylation is 2. The molecule has 17 heavy (non-hydrogen) atoms. The SMILES string of the molecule is Cc1cc(C(N)c2c(F)ccc(C)c2F)cs1. The smallest absolute Gasteiger partial charge is 0.134 e. The molecular formula is C13H13F2NS. The predicted octanol–water partition coefficient (Wildman–Crippen LogP) is 3.69. The number of rotatable bonds is 2. The van der Waals surface area contributed by atoms with E-state index >= 15 is 0 Å². The molecule has 0 fully saturated rings. The Labute approximate surface area is 103 Å². The Hall–Kier alpha value is -1.26. The molecule has 4 heteroatoms. The fourth-order valence-electron chi connectivity index (χ4n) is 1.76. The Balaban J connectivity index is 2.50. The summed E-state index contributed by atoms with van der Waals surface area (Å²) in [6.07, 6.45) is 0. The van der Waals surface area contributed by atoms with E-state index in [1.54, 1.807) is 6.92 Å². The molecule has 0 aliphatic rings. The quantitative estimate of drug-likeness (QED) is 0.867. The van der Waals surface area contributed by atoms with Crippen LogP contribution in [0.4, 0.5) is 8.78 Å². The Morgan fingerprint density at radius 2 is 1.94 bits per heavy atom. The molecule has 0 radical (unpaired) electrons. The van der Waals surface area contributed by atoms with Gasteiger partial charge in [0, 0.05) is 10.4 Å². The Morgan fingerprint density at radius 3 is 2.53 bits per heavy atom. The summed E-state index contributed by atoms with van der Waals surface area (Å²) in [5.41, 5.74) is 7.03. The van der Waals surface area contributed by atoms with Gasteiger partial charge in [-0.05, 0) is 42.5 Å². The molecule has 0 saturated carbocycles. The van der Waals surface area contributed by atoms with Gasteiger partial charge >= 0.3 is 0 Å². The molecule has 0 amide bonds. The lowest BCUT2D eigenvalue weighted by atomic mass is 9.98. The largest absolute Gasteiger partial charge is 0.320 e. The van der Waals surface area contributed by atoms with E-state index in [-0.39, 0.29) is 5.56 Å². The third kappa shape index (κ3) is 2.23. The molecule has 2 aromatic rings. The summed E-state index contributed by atoms with van der Waals surface area (Å²) in [6.45, 7) is 3.54. The van der Waals surface area contributed by atoms with Crippen LogP contribution in [0.2, 0.25) is 0 Å². The fraction of sp³-hybridized carbons (Fsp3) is 0.231. The van der Waals surface area contributed by atoms with E-state index in [4.69, 9.17) is 5.73 Å². The number of thiophene rings is 1. The second-order valence-electron chi connectivity index (χ2n) is 4.06. The lowest BCUT2D eigenvalue weighted by Gasteiger charge is -2.14. The van der Waals surface area contributed by atoms with E-state index in [0.717, 1.165) is 10.4 Å². The van der Waals surface area contributed by atoms with Crippen LogP contribution in [0.1, 0.15) is 27.6 Å². The van der Waals surface area contributed by atoms with Crippen LogP contribution >= 0.6 is 11.3 Å². The summed E-state index contributed by atoms with van der Waals surface area (Å²) < 4.78 is 27.5. The first kappa shape index (κ1) is 12.2. The molecule has 0 aliphatic carbocycles. The van der Waals surface area contributed by atoms with Gasteiger partial charge in [-0.2, -0.15) is 0 Å². The van der Waals surface area contributed by atoms with Crippen molar-refractivity contribution >= 4 is 11.3 Å². The first-order valence-corrected chi connectivity index (χ1v) is 6.13. The summed E-state index contributed by atoms with van der Waals surface area (Å²) in [4.78, 5) is 1.07. The third-order valence-corrected chi connectivity index (χ3v) is 3.62. The van der Waals surface area contributed by atoms with Gasteiger partial charge in [-0.1, -0.05) is 6.07 Å². The molecule has 1 nitrogen and oxygen atoms in total. The van der Waals surface area contributed by atoms with Gasteiger partial charge in [-0.15, -0.1) is 11.3 Å². The molecule has 90 valence electrons. The molecule has 1 heterocycles. The van der Waals surface area contributed by atoms with Gasteiger partial charge in [0.25, 0.3) is 0 Å². The molecule has 1 atom stereocenters. The number of hydrogen-bond donors (Lipinski definition) is 1. The topological polar surface area (TPSA) is 26.0 Å². The molecule has 0 bridgehead atoms. The number of benzene rings is 1. The van der Waals surface area contributed by atoms with Crippen LogP contribution in [0.15, 0.2) is 23.6 Å². The first-order valence-electron chi connectivity index (χ1n) is 5.26. The molecule has 1 aromatic heterocycles. The molecule has 1 aromatic carbocycles. The number of halogens is 2. The Morgan fingerprint density at radius 1 is 1.24 bits per heavy atom. The normalized spacial score (nSPS) is 12.8. The standard InChI is InChI=1S/C13H13F2NS/c1-7-3-4-10(14)11(12(7)15)13(16)9-5-8(2)17-6-9/h3-6,13H,16H2,1-2H3. The van der Waals surface area contributed by atoms with E-state index in [1.807, 2.05) is 18.4 Å². The molecule has 2 N–H and O–H groups in total. The average molecular weight is 253 g/mol. The second-order valence-corrected chi connectivity index (χ2v) is 5.18. The summed E-state index contributed by atoms with van der Waals surface area (Å²) in [5, 5.41) is 1.83. The van der Waals surface area contributed by atoms with Crippen molar-refractivity contribution in [3.05, 3.63) is 56.8 Å². The zero-order chi connectivity index (χ0) is 12.6. The van der Waals surface area contributed by atoms with Crippen LogP contribution < -0.4 is 5.73 Å². The summed E-state index contributed by atoms with van der Waals surface area (Å²) in [7, 11) is 0. The van der Waals surface area contributed by atoms with Crippen LogP contribution in [-0.4, -0.2) is 0 Å². The van der Waals surface area contributed by atoms with Crippen molar-refractivity contribution < 1.29 is 8.78 Å². The molecular weight excluding hydrogens is 240 g/mol. The molecule has 0 saturated heterocycles. The van der Waals surface area contributed by atoms with Crippen LogP contribution in [0.5, 0.6) is 0 Å². The van der Waals surface area contributed by atoms with Crippen molar-refractivity contribution in [2.75, 3.05) is 0 Å². The van der Waals surface area contributed by atoms with Gasteiger partial charge in [0.05, 0.1) is 6.04 Å². The van der Waals surface area contributed by atoms with Crippen LogP contribution in [0, 0.1) is 25.5 Å². The van der Waals surface area contributed by atoms with E-state index in [1.165, 1.54) is 23.5 Å². The predicted molar refractivity (Wildman–Crippen MR) is 66.2 cm³/mol. The monoisotopic (exact) mass is 253 g/mol. The van der Waals surface area contributed by atoms with Gasteiger partial charge in [-0.3, -0.25) is 0 Å². The van der Waals surface area contributed by atoms with Crippen molar-refractivity contribution in [1.29, 1.82) is 0 Å². The minimum Gasteiger partial charge on any atom is -0.320 e. The number of hydrogen-bond acceptors (Lipinski definition) is 2. The lowest BCUT2D eigenvalue weighted by Crippen LogP contribution is -2.15. The van der Waals surface area contributed by atoms with Gasteiger partial charge in [0.15, 0.2) is 0 Å². The maximum absolute atomic E-state index is 13.9. The van der Waals surface area contributed by atoms with E-state index in [9.17, 15) is 8.78 Å². The molecule has 2 rings (SSSR count). The average Bonchev–Trinajstić information content (AvgIpc) is 2.71. The van der Waals surface area contributed by atoms with Gasteiger partial charge in [0.1, 0.15) is 11.6 Å².